The summed E-state index contributed by atoms with van der Waals surface area (Å²) < 4.78 is 18.9. The minimum absolute atomic E-state index is 0.0422. The van der Waals surface area contributed by atoms with E-state index in [9.17, 15) is 14.0 Å². The van der Waals surface area contributed by atoms with Gasteiger partial charge in [0.25, 0.3) is 0 Å². The highest BCUT2D eigenvalue weighted by Crippen LogP contribution is 2.28. The Morgan fingerprint density at radius 3 is 2.88 bits per heavy atom. The third kappa shape index (κ3) is 5.19. The Kier molecular flexibility index (Phi) is 6.58. The van der Waals surface area contributed by atoms with Crippen molar-refractivity contribution < 1.29 is 18.5 Å². The third-order valence-corrected chi connectivity index (χ3v) is 5.54. The van der Waals surface area contributed by atoms with Crippen LogP contribution < -0.4 is 5.32 Å². The van der Waals surface area contributed by atoms with E-state index in [2.05, 4.69) is 15.5 Å². The van der Waals surface area contributed by atoms with Gasteiger partial charge >= 0.3 is 0 Å². The first-order chi connectivity index (χ1) is 15.5. The average Bonchev–Trinajstić information content (AvgIpc) is 3.30. The van der Waals surface area contributed by atoms with Crippen molar-refractivity contribution in [2.45, 2.75) is 38.5 Å². The highest BCUT2D eigenvalue weighted by Gasteiger charge is 2.28. The molecular weight excluding hydrogens is 411 g/mol. The maximum atomic E-state index is 13.4. The van der Waals surface area contributed by atoms with Crippen LogP contribution in [0.25, 0.3) is 11.4 Å². The van der Waals surface area contributed by atoms with Crippen LogP contribution in [0.4, 0.5) is 10.1 Å². The second kappa shape index (κ2) is 9.72. The molecule has 0 bridgehead atoms. The normalized spacial score (nSPS) is 16.1. The fourth-order valence-corrected chi connectivity index (χ4v) is 3.84. The second-order valence-electron chi connectivity index (χ2n) is 7.92. The summed E-state index contributed by atoms with van der Waals surface area (Å²) >= 11 is 0. The number of anilines is 1. The summed E-state index contributed by atoms with van der Waals surface area (Å²) in [5, 5.41) is 6.93. The molecule has 1 fully saturated rings. The number of nitrogens with zero attached hydrogens (tertiary/aromatic N) is 3. The molecule has 1 aliphatic rings. The van der Waals surface area contributed by atoms with Crippen LogP contribution in [0.15, 0.2) is 53.1 Å². The summed E-state index contributed by atoms with van der Waals surface area (Å²) in [4.78, 5) is 30.7. The minimum Gasteiger partial charge on any atom is -0.342 e. The van der Waals surface area contributed by atoms with E-state index in [0.717, 1.165) is 18.4 Å². The van der Waals surface area contributed by atoms with Crippen LogP contribution in [0.5, 0.6) is 0 Å². The molecule has 1 aliphatic heterocycles. The molecule has 1 saturated heterocycles. The molecule has 166 valence electrons. The lowest BCUT2D eigenvalue weighted by Gasteiger charge is -2.31. The van der Waals surface area contributed by atoms with Gasteiger partial charge in [-0.15, -0.1) is 0 Å². The minimum atomic E-state index is -0.344. The molecule has 1 atom stereocenters. The number of carbonyl (C=O) groups excluding carboxylic acids is 2. The molecule has 0 spiro atoms. The maximum Gasteiger partial charge on any atom is 0.231 e. The molecular formula is C24H25FN4O3. The Balaban J connectivity index is 1.43. The monoisotopic (exact) mass is 436 g/mol. The number of rotatable bonds is 6. The Morgan fingerprint density at radius 1 is 1.22 bits per heavy atom. The molecule has 7 nitrogen and oxygen atoms in total. The Labute approximate surface area is 185 Å². The van der Waals surface area contributed by atoms with Crippen LogP contribution in [0.1, 0.15) is 43.6 Å². The van der Waals surface area contributed by atoms with Gasteiger partial charge in [-0.3, -0.25) is 9.59 Å². The molecule has 2 aromatic carbocycles. The zero-order chi connectivity index (χ0) is 22.5. The van der Waals surface area contributed by atoms with E-state index in [1.54, 1.807) is 36.1 Å². The number of aromatic nitrogens is 2. The summed E-state index contributed by atoms with van der Waals surface area (Å²) in [6.07, 6.45) is 2.23. The number of halogens is 1. The third-order valence-electron chi connectivity index (χ3n) is 5.54. The van der Waals surface area contributed by atoms with Gasteiger partial charge in [0, 0.05) is 30.8 Å². The molecule has 0 aliphatic carbocycles. The Morgan fingerprint density at radius 2 is 2.06 bits per heavy atom. The van der Waals surface area contributed by atoms with Crippen molar-refractivity contribution in [3.63, 3.8) is 0 Å². The van der Waals surface area contributed by atoms with Gasteiger partial charge in [-0.2, -0.15) is 4.98 Å². The van der Waals surface area contributed by atoms with Crippen LogP contribution in [-0.2, 0) is 16.0 Å². The summed E-state index contributed by atoms with van der Waals surface area (Å²) in [7, 11) is 0. The highest BCUT2D eigenvalue weighted by atomic mass is 19.1. The van der Waals surface area contributed by atoms with E-state index >= 15 is 0 Å². The van der Waals surface area contributed by atoms with Crippen molar-refractivity contribution in [2.75, 3.05) is 18.4 Å². The maximum absolute atomic E-state index is 13.4. The number of hydrogen-bond donors (Lipinski definition) is 1. The van der Waals surface area contributed by atoms with E-state index in [1.165, 1.54) is 12.1 Å². The summed E-state index contributed by atoms with van der Waals surface area (Å²) in [6.45, 7) is 2.94. The van der Waals surface area contributed by atoms with Gasteiger partial charge in [0.05, 0.1) is 12.3 Å². The van der Waals surface area contributed by atoms with Crippen LogP contribution in [-0.4, -0.2) is 39.9 Å². The van der Waals surface area contributed by atoms with Crippen LogP contribution >= 0.6 is 0 Å². The first-order valence-corrected chi connectivity index (χ1v) is 10.8. The van der Waals surface area contributed by atoms with Crippen molar-refractivity contribution in [3.05, 3.63) is 65.8 Å². The van der Waals surface area contributed by atoms with E-state index in [-0.39, 0.29) is 30.0 Å². The molecule has 0 saturated carbocycles. The van der Waals surface area contributed by atoms with Gasteiger partial charge in [-0.25, -0.2) is 4.39 Å². The molecule has 2 amide bonds. The van der Waals surface area contributed by atoms with Crippen molar-refractivity contribution in [2.24, 2.45) is 0 Å². The van der Waals surface area contributed by atoms with Crippen LogP contribution in [0.2, 0.25) is 0 Å². The SMILES string of the molecule is CCC(=O)Nc1cccc(-c2noc(C3CCCN(C(=O)Cc4cccc(F)c4)C3)n2)c1. The summed E-state index contributed by atoms with van der Waals surface area (Å²) in [5.74, 6) is 0.426. The first kappa shape index (κ1) is 21.7. The van der Waals surface area contributed by atoms with E-state index in [0.29, 0.717) is 42.5 Å². The standard InChI is InChI=1S/C24H25FN4O3/c1-2-21(30)26-20-10-4-7-17(14-20)23-27-24(32-28-23)18-8-5-11-29(15-18)22(31)13-16-6-3-9-19(25)12-16/h3-4,6-7,9-10,12,14,18H,2,5,8,11,13,15H2,1H3,(H,26,30). The predicted octanol–water partition coefficient (Wildman–Crippen LogP) is 4.17. The van der Waals surface area contributed by atoms with Crippen molar-refractivity contribution in [1.82, 2.24) is 15.0 Å². The van der Waals surface area contributed by atoms with Gasteiger partial charge in [0.2, 0.25) is 23.5 Å². The zero-order valence-corrected chi connectivity index (χ0v) is 17.9. The number of piperidine rings is 1. The van der Waals surface area contributed by atoms with Gasteiger partial charge in [0.1, 0.15) is 5.82 Å². The average molecular weight is 436 g/mol. The van der Waals surface area contributed by atoms with Gasteiger partial charge in [-0.05, 0) is 42.7 Å². The lowest BCUT2D eigenvalue weighted by molar-refractivity contribution is -0.131. The second-order valence-corrected chi connectivity index (χ2v) is 7.92. The predicted molar refractivity (Wildman–Crippen MR) is 117 cm³/mol. The molecule has 3 aromatic rings. The first-order valence-electron chi connectivity index (χ1n) is 10.8. The molecule has 1 aromatic heterocycles. The summed E-state index contributed by atoms with van der Waals surface area (Å²) in [6, 6.07) is 13.4. The van der Waals surface area contributed by atoms with Crippen molar-refractivity contribution in [3.8, 4) is 11.4 Å². The molecule has 2 heterocycles. The number of amides is 2. The van der Waals surface area contributed by atoms with Gasteiger partial charge < -0.3 is 14.7 Å². The molecule has 1 N–H and O–H groups in total. The highest BCUT2D eigenvalue weighted by molar-refractivity contribution is 5.91. The number of nitrogens with one attached hydrogen (secondary N) is 1. The fraction of sp³-hybridized carbons (Fsp3) is 0.333. The number of carbonyl (C=O) groups is 2. The molecule has 4 rings (SSSR count). The number of benzene rings is 2. The summed E-state index contributed by atoms with van der Waals surface area (Å²) in [5.41, 5.74) is 2.07. The Bertz CT molecular complexity index is 1110. The quantitative estimate of drug-likeness (QED) is 0.627. The number of hydrogen-bond acceptors (Lipinski definition) is 5. The fourth-order valence-electron chi connectivity index (χ4n) is 3.84. The molecule has 8 heteroatoms. The van der Waals surface area contributed by atoms with E-state index in [4.69, 9.17) is 4.52 Å². The lowest BCUT2D eigenvalue weighted by atomic mass is 9.97. The van der Waals surface area contributed by atoms with Crippen molar-refractivity contribution in [1.29, 1.82) is 0 Å². The molecule has 32 heavy (non-hydrogen) atoms. The Hall–Kier alpha value is -3.55. The largest absolute Gasteiger partial charge is 0.342 e. The van der Waals surface area contributed by atoms with E-state index < -0.39 is 0 Å². The molecule has 0 radical (unpaired) electrons. The zero-order valence-electron chi connectivity index (χ0n) is 17.9. The van der Waals surface area contributed by atoms with Crippen molar-refractivity contribution >= 4 is 17.5 Å². The topological polar surface area (TPSA) is 88.3 Å². The van der Waals surface area contributed by atoms with Gasteiger partial charge in [0.15, 0.2) is 0 Å². The van der Waals surface area contributed by atoms with Crippen LogP contribution in [0, 0.1) is 5.82 Å². The van der Waals surface area contributed by atoms with E-state index in [1.807, 2.05) is 12.1 Å². The van der Waals surface area contributed by atoms with Gasteiger partial charge in [-0.1, -0.05) is 36.3 Å². The smallest absolute Gasteiger partial charge is 0.231 e. The molecule has 1 unspecified atom stereocenters. The van der Waals surface area contributed by atoms with Crippen LogP contribution in [0.3, 0.4) is 0 Å². The number of likely N-dealkylation sites (tertiary alicyclic amines) is 1. The lowest BCUT2D eigenvalue weighted by Crippen LogP contribution is -2.40.